The quantitative estimate of drug-likeness (QED) is 0.140. The number of carboxylic acid groups (broad SMARTS) is 1. The smallest absolute Gasteiger partial charge is 0.330 e. The maximum absolute atomic E-state index is 11.8. The Morgan fingerprint density at radius 3 is 2.23 bits per heavy atom. The third kappa shape index (κ3) is 7.84. The van der Waals surface area contributed by atoms with E-state index in [1.165, 1.54) is 0 Å². The number of aliphatic carboxylic acids is 1. The van der Waals surface area contributed by atoms with E-state index in [1.54, 1.807) is 19.9 Å². The van der Waals surface area contributed by atoms with Crippen LogP contribution >= 0.6 is 0 Å². The van der Waals surface area contributed by atoms with Crippen LogP contribution in [0.3, 0.4) is 0 Å². The molecule has 0 aromatic carbocycles. The van der Waals surface area contributed by atoms with Crippen molar-refractivity contribution in [1.82, 2.24) is 0 Å². The average Bonchev–Trinajstić information content (AvgIpc) is 2.84. The Labute approximate surface area is 240 Å². The van der Waals surface area contributed by atoms with Crippen molar-refractivity contribution < 1.29 is 40.5 Å². The van der Waals surface area contributed by atoms with Gasteiger partial charge >= 0.3 is 5.97 Å². The second-order valence-electron chi connectivity index (χ2n) is 13.3. The predicted molar refractivity (Wildman–Crippen MR) is 155 cm³/mol. The Hall–Kier alpha value is -1.55. The molecule has 0 amide bonds. The van der Waals surface area contributed by atoms with Gasteiger partial charge in [0.05, 0.1) is 36.6 Å². The van der Waals surface area contributed by atoms with Crippen molar-refractivity contribution >= 4 is 5.97 Å². The lowest BCUT2D eigenvalue weighted by Gasteiger charge is -2.56. The maximum atomic E-state index is 11.8. The normalized spacial score (nSPS) is 35.4. The van der Waals surface area contributed by atoms with Crippen molar-refractivity contribution in [2.75, 3.05) is 0 Å². The minimum absolute atomic E-state index is 0.0152. The number of hydrogen-bond acceptors (Lipinski definition) is 7. The molecule has 2 aliphatic carbocycles. The van der Waals surface area contributed by atoms with Crippen LogP contribution in [0.2, 0.25) is 0 Å². The zero-order valence-corrected chi connectivity index (χ0v) is 25.5. The zero-order valence-electron chi connectivity index (χ0n) is 25.5. The second-order valence-corrected chi connectivity index (χ2v) is 13.3. The molecule has 1 fully saturated rings. The molecule has 1 saturated carbocycles. The molecule has 0 heterocycles. The van der Waals surface area contributed by atoms with Gasteiger partial charge in [-0.3, -0.25) is 0 Å². The molecular formula is C32H54O8. The minimum atomic E-state index is -1.000. The number of rotatable bonds is 12. The molecule has 0 aromatic heterocycles. The molecule has 8 nitrogen and oxygen atoms in total. The Morgan fingerprint density at radius 1 is 1.07 bits per heavy atom. The van der Waals surface area contributed by atoms with Crippen molar-refractivity contribution in [3.8, 4) is 0 Å². The van der Waals surface area contributed by atoms with Crippen LogP contribution < -0.4 is 0 Å². The summed E-state index contributed by atoms with van der Waals surface area (Å²) in [4.78, 5) is 11.8. The summed E-state index contributed by atoms with van der Waals surface area (Å²) in [5, 5.41) is 73.1. The molecule has 8 heteroatoms. The molecular weight excluding hydrogens is 512 g/mol. The molecule has 0 saturated heterocycles. The van der Waals surface area contributed by atoms with Crippen LogP contribution in [0, 0.1) is 40.9 Å². The molecule has 0 bridgehead atoms. The first-order valence-corrected chi connectivity index (χ1v) is 14.8. The van der Waals surface area contributed by atoms with Crippen molar-refractivity contribution in [1.29, 1.82) is 0 Å². The Balaban J connectivity index is 2.26. The van der Waals surface area contributed by atoms with Crippen LogP contribution in [0.1, 0.15) is 81.1 Å². The van der Waals surface area contributed by atoms with E-state index >= 15 is 0 Å². The highest BCUT2D eigenvalue weighted by molar-refractivity contribution is 5.85. The number of fused-ring (bicyclic) bond motifs is 1. The highest BCUT2D eigenvalue weighted by Crippen LogP contribution is 2.57. The molecule has 12 atom stereocenters. The van der Waals surface area contributed by atoms with E-state index in [1.807, 2.05) is 53.7 Å². The van der Waals surface area contributed by atoms with Crippen LogP contribution in [0.4, 0.5) is 0 Å². The molecule has 0 radical (unpaired) electrons. The zero-order chi connectivity index (χ0) is 30.7. The molecule has 0 aliphatic heterocycles. The third-order valence-corrected chi connectivity index (χ3v) is 9.64. The van der Waals surface area contributed by atoms with Gasteiger partial charge in [0, 0.05) is 22.8 Å². The third-order valence-electron chi connectivity index (χ3n) is 9.64. The van der Waals surface area contributed by atoms with E-state index in [-0.39, 0.29) is 54.4 Å². The summed E-state index contributed by atoms with van der Waals surface area (Å²) >= 11 is 0. The molecule has 230 valence electrons. The topological polar surface area (TPSA) is 159 Å². The number of allylic oxidation sites excluding steroid dienone is 3. The molecule has 2 aliphatic rings. The molecule has 0 aromatic rings. The monoisotopic (exact) mass is 566 g/mol. The largest absolute Gasteiger partial charge is 0.478 e. The molecule has 0 spiro atoms. The Morgan fingerprint density at radius 2 is 1.68 bits per heavy atom. The van der Waals surface area contributed by atoms with E-state index in [0.29, 0.717) is 6.42 Å². The summed E-state index contributed by atoms with van der Waals surface area (Å²) < 4.78 is 0. The summed E-state index contributed by atoms with van der Waals surface area (Å²) in [6, 6.07) is 0. The van der Waals surface area contributed by atoms with Gasteiger partial charge in [0.25, 0.3) is 0 Å². The van der Waals surface area contributed by atoms with Crippen LogP contribution in [-0.4, -0.2) is 78.3 Å². The molecule has 0 unspecified atom stereocenters. The number of aliphatic hydroxyl groups is 6. The number of aliphatic hydroxyl groups excluding tert-OH is 6. The van der Waals surface area contributed by atoms with Crippen LogP contribution in [0.5, 0.6) is 0 Å². The first-order chi connectivity index (χ1) is 18.4. The highest BCUT2D eigenvalue weighted by Gasteiger charge is 2.55. The van der Waals surface area contributed by atoms with E-state index in [2.05, 4.69) is 0 Å². The Bertz CT molecular complexity index is 955. The van der Waals surface area contributed by atoms with Crippen LogP contribution in [0.15, 0.2) is 34.9 Å². The molecule has 40 heavy (non-hydrogen) atoms. The van der Waals surface area contributed by atoms with Gasteiger partial charge in [-0.25, -0.2) is 4.79 Å². The van der Waals surface area contributed by atoms with Crippen molar-refractivity contribution in [2.45, 2.75) is 118 Å². The lowest BCUT2D eigenvalue weighted by Crippen LogP contribution is -2.57. The van der Waals surface area contributed by atoms with Gasteiger partial charge in [-0.15, -0.1) is 0 Å². The summed E-state index contributed by atoms with van der Waals surface area (Å²) in [6.07, 6.45) is 1.44. The lowest BCUT2D eigenvalue weighted by molar-refractivity contribution is -0.134. The molecule has 7 N–H and O–H groups in total. The highest BCUT2D eigenvalue weighted by atomic mass is 16.4. The van der Waals surface area contributed by atoms with Crippen LogP contribution in [0.25, 0.3) is 0 Å². The fourth-order valence-electron chi connectivity index (χ4n) is 7.45. The second kappa shape index (κ2) is 14.1. The fourth-order valence-corrected chi connectivity index (χ4v) is 7.45. The number of carbonyl (C=O) groups is 1. The van der Waals surface area contributed by atoms with Crippen LogP contribution in [-0.2, 0) is 4.79 Å². The number of carboxylic acids is 1. The average molecular weight is 567 g/mol. The van der Waals surface area contributed by atoms with E-state index in [0.717, 1.165) is 11.1 Å². The standard InChI is InChI=1S/C32H54O8/c1-16(2)29(37)21(7)25(35)14-23(34)13-22(33)10-9-17(3)27-20(6)15-32(8)28(18(4)12-26(36)30(32)38)24(27)11-19(5)31(39)40/h9,11,15-16,18,21-30,33-38H,10,12-14H2,1-8H3,(H,39,40)/b17-9+,19-11+/t18-,21-,22-,23+,24-,25+,26-,27+,28+,29-,30+,32-/m0/s1. The summed E-state index contributed by atoms with van der Waals surface area (Å²) in [5.74, 6) is -1.86. The van der Waals surface area contributed by atoms with E-state index in [9.17, 15) is 40.5 Å². The lowest BCUT2D eigenvalue weighted by atomic mass is 9.50. The van der Waals surface area contributed by atoms with Gasteiger partial charge < -0.3 is 35.7 Å². The Kier molecular flexibility index (Phi) is 12.2. The van der Waals surface area contributed by atoms with Crippen molar-refractivity contribution in [2.24, 2.45) is 40.9 Å². The van der Waals surface area contributed by atoms with Gasteiger partial charge in [-0.1, -0.05) is 64.0 Å². The van der Waals surface area contributed by atoms with Crippen molar-refractivity contribution in [3.63, 3.8) is 0 Å². The maximum Gasteiger partial charge on any atom is 0.330 e. The summed E-state index contributed by atoms with van der Waals surface area (Å²) in [6.45, 7) is 15.0. The number of hydrogen-bond donors (Lipinski definition) is 7. The van der Waals surface area contributed by atoms with Gasteiger partial charge in [0.15, 0.2) is 0 Å². The van der Waals surface area contributed by atoms with Gasteiger partial charge in [-0.2, -0.15) is 0 Å². The van der Waals surface area contributed by atoms with Gasteiger partial charge in [-0.05, 0) is 70.1 Å². The van der Waals surface area contributed by atoms with Gasteiger partial charge in [0.2, 0.25) is 0 Å². The first kappa shape index (κ1) is 34.7. The first-order valence-electron chi connectivity index (χ1n) is 14.8. The molecule has 2 rings (SSSR count). The summed E-state index contributed by atoms with van der Waals surface area (Å²) in [7, 11) is 0. The minimum Gasteiger partial charge on any atom is -0.478 e. The summed E-state index contributed by atoms with van der Waals surface area (Å²) in [5.41, 5.74) is 1.45. The SMILES string of the molecule is CC1=C[C@@]2(C)[C@@H]([C@@H](/C=C(\C)C(=O)O)[C@@H]1/C(C)=C/C[C@H](O)C[C@@H](O)C[C@@H](O)[C@H](C)[C@@H](O)C(C)C)[C@@H](C)C[C@H](O)[C@H]2O. The predicted octanol–water partition coefficient (Wildman–Crippen LogP) is 3.45. The fraction of sp³-hybridized carbons (Fsp3) is 0.781. The van der Waals surface area contributed by atoms with Gasteiger partial charge in [0.1, 0.15) is 0 Å². The van der Waals surface area contributed by atoms with Crippen molar-refractivity contribution in [3.05, 3.63) is 34.9 Å². The van der Waals surface area contributed by atoms with E-state index < -0.39 is 53.9 Å². The van der Waals surface area contributed by atoms with E-state index in [4.69, 9.17) is 0 Å².